The van der Waals surface area contributed by atoms with Gasteiger partial charge in [0.1, 0.15) is 36.0 Å². The van der Waals surface area contributed by atoms with Gasteiger partial charge in [-0.1, -0.05) is 30.3 Å². The average molecular weight is 613 g/mol. The standard InChI is InChI=1S/C34H36N4O7/c1-34(2,3)45-33(41)37-28-11-9-25(43-18-15-36-13-16-42-17-14-36)19-24(28)20-30(37)31-27-21-26(44-22-23-7-5-4-6-8-23)10-12-29(27)38(35-31)32(39)40/h4-12,19-21H,13-18,22H2,1-3H3,(H,39,40). The van der Waals surface area contributed by atoms with Crippen LogP contribution in [0.1, 0.15) is 26.3 Å². The number of hydrogen-bond donors (Lipinski definition) is 1. The second kappa shape index (κ2) is 12.6. The molecule has 3 heterocycles. The zero-order chi connectivity index (χ0) is 31.6. The van der Waals surface area contributed by atoms with E-state index in [4.69, 9.17) is 18.9 Å². The van der Waals surface area contributed by atoms with Crippen molar-refractivity contribution in [2.24, 2.45) is 0 Å². The van der Waals surface area contributed by atoms with Crippen LogP contribution in [-0.4, -0.2) is 81.6 Å². The molecule has 1 fully saturated rings. The van der Waals surface area contributed by atoms with E-state index in [1.165, 1.54) is 4.57 Å². The number of hydrogen-bond acceptors (Lipinski definition) is 8. The molecule has 5 aromatic rings. The minimum absolute atomic E-state index is 0.300. The number of rotatable bonds is 8. The summed E-state index contributed by atoms with van der Waals surface area (Å²) in [6.07, 6.45) is -1.86. The Kier molecular flexibility index (Phi) is 8.46. The maximum Gasteiger partial charge on any atom is 0.432 e. The lowest BCUT2D eigenvalue weighted by Gasteiger charge is -2.26. The van der Waals surface area contributed by atoms with Gasteiger partial charge in [-0.15, -0.1) is 0 Å². The van der Waals surface area contributed by atoms with Gasteiger partial charge in [-0.2, -0.15) is 9.78 Å². The molecule has 11 heteroatoms. The zero-order valence-corrected chi connectivity index (χ0v) is 25.6. The number of carbonyl (C=O) groups is 2. The number of morpholine rings is 1. The fourth-order valence-electron chi connectivity index (χ4n) is 5.34. The molecule has 0 saturated carbocycles. The second-order valence-electron chi connectivity index (χ2n) is 11.9. The summed E-state index contributed by atoms with van der Waals surface area (Å²) in [5.41, 5.74) is 1.84. The number of benzene rings is 3. The highest BCUT2D eigenvalue weighted by Crippen LogP contribution is 2.36. The first kappa shape index (κ1) is 30.2. The van der Waals surface area contributed by atoms with E-state index >= 15 is 0 Å². The van der Waals surface area contributed by atoms with Gasteiger partial charge in [-0.05, 0) is 68.8 Å². The number of carbonyl (C=O) groups excluding carboxylic acids is 1. The van der Waals surface area contributed by atoms with Gasteiger partial charge in [-0.25, -0.2) is 14.2 Å². The maximum absolute atomic E-state index is 13.7. The van der Waals surface area contributed by atoms with Crippen LogP contribution in [-0.2, 0) is 16.1 Å². The summed E-state index contributed by atoms with van der Waals surface area (Å²) in [4.78, 5) is 28.2. The molecule has 0 atom stereocenters. The van der Waals surface area contributed by atoms with Crippen LogP contribution in [0.4, 0.5) is 9.59 Å². The van der Waals surface area contributed by atoms with Gasteiger partial charge >= 0.3 is 12.2 Å². The molecular weight excluding hydrogens is 576 g/mol. The van der Waals surface area contributed by atoms with Crippen molar-refractivity contribution in [1.29, 1.82) is 0 Å². The molecule has 0 amide bonds. The van der Waals surface area contributed by atoms with Crippen LogP contribution in [0, 0.1) is 0 Å². The normalized spacial score (nSPS) is 14.1. The predicted octanol–water partition coefficient (Wildman–Crippen LogP) is 6.26. The Morgan fingerprint density at radius 1 is 0.911 bits per heavy atom. The second-order valence-corrected chi connectivity index (χ2v) is 11.9. The maximum atomic E-state index is 13.7. The molecule has 0 spiro atoms. The largest absolute Gasteiger partial charge is 0.492 e. The van der Waals surface area contributed by atoms with Crippen molar-refractivity contribution < 1.29 is 33.6 Å². The number of aromatic nitrogens is 3. The molecule has 0 radical (unpaired) electrons. The van der Waals surface area contributed by atoms with Gasteiger partial charge < -0.3 is 24.1 Å². The molecule has 45 heavy (non-hydrogen) atoms. The van der Waals surface area contributed by atoms with Crippen LogP contribution < -0.4 is 9.47 Å². The van der Waals surface area contributed by atoms with E-state index in [2.05, 4.69) is 10.00 Å². The number of ether oxygens (including phenoxy) is 4. The summed E-state index contributed by atoms with van der Waals surface area (Å²) in [5.74, 6) is 1.19. The molecule has 1 aliphatic rings. The van der Waals surface area contributed by atoms with E-state index in [0.29, 0.717) is 57.9 Å². The van der Waals surface area contributed by atoms with E-state index < -0.39 is 17.8 Å². The van der Waals surface area contributed by atoms with Crippen molar-refractivity contribution in [3.8, 4) is 22.9 Å². The van der Waals surface area contributed by atoms with Gasteiger partial charge in [0.25, 0.3) is 0 Å². The molecule has 234 valence electrons. The van der Waals surface area contributed by atoms with Gasteiger partial charge in [0, 0.05) is 30.4 Å². The smallest absolute Gasteiger partial charge is 0.432 e. The highest BCUT2D eigenvalue weighted by molar-refractivity contribution is 6.03. The lowest BCUT2D eigenvalue weighted by atomic mass is 10.1. The van der Waals surface area contributed by atoms with E-state index in [9.17, 15) is 14.7 Å². The molecule has 11 nitrogen and oxygen atoms in total. The Morgan fingerprint density at radius 3 is 2.33 bits per heavy atom. The first-order valence-corrected chi connectivity index (χ1v) is 14.9. The topological polar surface area (TPSA) is 117 Å². The third kappa shape index (κ3) is 6.79. The Morgan fingerprint density at radius 2 is 1.62 bits per heavy atom. The van der Waals surface area contributed by atoms with E-state index in [0.717, 1.165) is 43.1 Å². The van der Waals surface area contributed by atoms with Crippen molar-refractivity contribution >= 4 is 34.0 Å². The van der Waals surface area contributed by atoms with Crippen LogP contribution in [0.25, 0.3) is 33.2 Å². The van der Waals surface area contributed by atoms with E-state index in [1.54, 1.807) is 51.1 Å². The fraction of sp³-hybridized carbons (Fsp3) is 0.324. The average Bonchev–Trinajstić information content (AvgIpc) is 3.58. The minimum Gasteiger partial charge on any atom is -0.492 e. The Labute approximate surface area is 260 Å². The van der Waals surface area contributed by atoms with Crippen molar-refractivity contribution in [2.75, 3.05) is 39.5 Å². The van der Waals surface area contributed by atoms with Crippen molar-refractivity contribution in [3.05, 3.63) is 78.4 Å². The highest BCUT2D eigenvalue weighted by atomic mass is 16.6. The molecular formula is C34H36N4O7. The molecule has 1 saturated heterocycles. The molecule has 6 rings (SSSR count). The Balaban J connectivity index is 1.40. The van der Waals surface area contributed by atoms with Crippen molar-refractivity contribution in [1.82, 2.24) is 19.2 Å². The van der Waals surface area contributed by atoms with Crippen molar-refractivity contribution in [2.45, 2.75) is 33.0 Å². The Bertz CT molecular complexity index is 1830. The molecule has 2 aromatic heterocycles. The molecule has 1 N–H and O–H groups in total. The van der Waals surface area contributed by atoms with Crippen LogP contribution in [0.15, 0.2) is 72.8 Å². The van der Waals surface area contributed by atoms with Crippen LogP contribution in [0.3, 0.4) is 0 Å². The zero-order valence-electron chi connectivity index (χ0n) is 25.6. The van der Waals surface area contributed by atoms with Crippen LogP contribution in [0.5, 0.6) is 11.5 Å². The fourth-order valence-corrected chi connectivity index (χ4v) is 5.34. The van der Waals surface area contributed by atoms with Crippen LogP contribution in [0.2, 0.25) is 0 Å². The minimum atomic E-state index is -1.25. The van der Waals surface area contributed by atoms with Gasteiger partial charge in [0.15, 0.2) is 0 Å². The molecule has 3 aromatic carbocycles. The highest BCUT2D eigenvalue weighted by Gasteiger charge is 2.27. The summed E-state index contributed by atoms with van der Waals surface area (Å²) in [6, 6.07) is 22.1. The van der Waals surface area contributed by atoms with Gasteiger partial charge in [-0.3, -0.25) is 4.90 Å². The van der Waals surface area contributed by atoms with Gasteiger partial charge in [0.2, 0.25) is 0 Å². The lowest BCUT2D eigenvalue weighted by Crippen LogP contribution is -2.38. The van der Waals surface area contributed by atoms with Gasteiger partial charge in [0.05, 0.1) is 29.9 Å². The number of nitrogens with zero attached hydrogens (tertiary/aromatic N) is 4. The Hall–Kier alpha value is -4.87. The van der Waals surface area contributed by atoms with E-state index in [-0.39, 0.29) is 0 Å². The summed E-state index contributed by atoms with van der Waals surface area (Å²) in [5, 5.41) is 15.7. The number of fused-ring (bicyclic) bond motifs is 2. The molecule has 1 aliphatic heterocycles. The summed E-state index contributed by atoms with van der Waals surface area (Å²) in [7, 11) is 0. The molecule has 0 aliphatic carbocycles. The monoisotopic (exact) mass is 612 g/mol. The third-order valence-electron chi connectivity index (χ3n) is 7.45. The lowest BCUT2D eigenvalue weighted by molar-refractivity contribution is 0.0322. The first-order valence-electron chi connectivity index (χ1n) is 14.9. The van der Waals surface area contributed by atoms with Crippen LogP contribution >= 0.6 is 0 Å². The summed E-state index contributed by atoms with van der Waals surface area (Å²) in [6.45, 7) is 10.2. The SMILES string of the molecule is CC(C)(C)OC(=O)n1c(-c2nn(C(=O)O)c3ccc(OCc4ccccc4)cc23)cc2cc(OCCN3CCOCC3)ccc21. The van der Waals surface area contributed by atoms with E-state index in [1.807, 2.05) is 42.5 Å². The quantitative estimate of drug-likeness (QED) is 0.217. The first-order chi connectivity index (χ1) is 21.7. The number of carboxylic acid groups (broad SMARTS) is 1. The summed E-state index contributed by atoms with van der Waals surface area (Å²) < 4.78 is 25.7. The molecule has 0 unspecified atom stereocenters. The summed E-state index contributed by atoms with van der Waals surface area (Å²) >= 11 is 0. The molecule has 0 bridgehead atoms. The third-order valence-corrected chi connectivity index (χ3v) is 7.45. The van der Waals surface area contributed by atoms with Crippen molar-refractivity contribution in [3.63, 3.8) is 0 Å². The predicted molar refractivity (Wildman–Crippen MR) is 169 cm³/mol.